The second kappa shape index (κ2) is 13.8. The van der Waals surface area contributed by atoms with E-state index in [1.807, 2.05) is 23.5 Å². The summed E-state index contributed by atoms with van der Waals surface area (Å²) in [5, 5.41) is 3.57. The summed E-state index contributed by atoms with van der Waals surface area (Å²) in [6.45, 7) is 0. The van der Waals surface area contributed by atoms with Crippen molar-refractivity contribution in [3.8, 4) is 32.7 Å². The molecule has 3 heteroatoms. The van der Waals surface area contributed by atoms with Crippen molar-refractivity contribution >= 4 is 60.4 Å². The average Bonchev–Trinajstić information content (AvgIpc) is 3.98. The molecule has 0 saturated heterocycles. The maximum Gasteiger partial charge on any atom is 0.137 e. The Labute approximate surface area is 352 Å². The topological polar surface area (TPSA) is 16.4 Å². The van der Waals surface area contributed by atoms with Crippen molar-refractivity contribution in [3.63, 3.8) is 0 Å². The fourth-order valence-electron chi connectivity index (χ4n) is 9.65. The van der Waals surface area contributed by atoms with E-state index in [0.717, 1.165) is 39.0 Å². The smallest absolute Gasteiger partial charge is 0.137 e. The summed E-state index contributed by atoms with van der Waals surface area (Å²) in [7, 11) is 0. The van der Waals surface area contributed by atoms with Gasteiger partial charge in [-0.25, -0.2) is 0 Å². The van der Waals surface area contributed by atoms with E-state index in [-0.39, 0.29) is 0 Å². The first-order valence-electron chi connectivity index (χ1n) is 20.5. The largest absolute Gasteiger partial charge is 0.456 e. The second-order valence-electron chi connectivity index (χ2n) is 15.6. The quantitative estimate of drug-likeness (QED) is 0.160. The molecule has 0 N–H and O–H groups in total. The van der Waals surface area contributed by atoms with E-state index in [9.17, 15) is 0 Å². The predicted molar refractivity (Wildman–Crippen MR) is 252 cm³/mol. The third-order valence-corrected chi connectivity index (χ3v) is 13.6. The molecule has 0 atom stereocenters. The van der Waals surface area contributed by atoms with Gasteiger partial charge in [-0.1, -0.05) is 164 Å². The van der Waals surface area contributed by atoms with Crippen LogP contribution in [-0.2, 0) is 5.41 Å². The molecule has 0 bridgehead atoms. The van der Waals surface area contributed by atoms with Gasteiger partial charge in [0.25, 0.3) is 0 Å². The zero-order valence-corrected chi connectivity index (χ0v) is 33.4. The molecule has 0 radical (unpaired) electrons. The van der Waals surface area contributed by atoms with Gasteiger partial charge in [-0.05, 0) is 110 Å². The van der Waals surface area contributed by atoms with Gasteiger partial charge in [0.05, 0.1) is 5.41 Å². The summed E-state index contributed by atoms with van der Waals surface area (Å²) >= 11 is 1.91. The summed E-state index contributed by atoms with van der Waals surface area (Å²) < 4.78 is 7.72. The Morgan fingerprint density at radius 1 is 0.383 bits per heavy atom. The fraction of sp³-hybridized carbons (Fsp3) is 0.0175. The molecule has 0 unspecified atom stereocenters. The highest BCUT2D eigenvalue weighted by Gasteiger charge is 2.48. The number of thiophene rings is 1. The number of benzene rings is 9. The number of anilines is 3. The Bertz CT molecular complexity index is 3310. The highest BCUT2D eigenvalue weighted by Crippen LogP contribution is 2.61. The van der Waals surface area contributed by atoms with E-state index >= 15 is 0 Å². The molecule has 282 valence electrons. The van der Waals surface area contributed by atoms with Crippen LogP contribution in [0.25, 0.3) is 64.7 Å². The van der Waals surface area contributed by atoms with Crippen LogP contribution >= 0.6 is 11.3 Å². The number of hydrogen-bond donors (Lipinski definition) is 0. The molecule has 12 rings (SSSR count). The summed E-state index contributed by atoms with van der Waals surface area (Å²) in [6.07, 6.45) is 0. The summed E-state index contributed by atoms with van der Waals surface area (Å²) in [5.41, 5.74) is 15.8. The van der Waals surface area contributed by atoms with Gasteiger partial charge in [0.1, 0.15) is 11.2 Å². The SMILES string of the molecule is c1ccc(-c2ccc(N(c3ccc(-c4ccc5c(c4)C(c4ccccc4)(c4ccccc4)c4c-5sc5ccccc45)cc3)c3ccc4c(c3)oc3ccccc34)cc2)cc1. The molecule has 1 aliphatic carbocycles. The zero-order chi connectivity index (χ0) is 39.6. The van der Waals surface area contributed by atoms with E-state index in [1.165, 1.54) is 65.0 Å². The monoisotopic (exact) mass is 783 g/mol. The normalized spacial score (nSPS) is 12.8. The van der Waals surface area contributed by atoms with Crippen molar-refractivity contribution in [1.29, 1.82) is 0 Å². The van der Waals surface area contributed by atoms with Gasteiger partial charge in [0.2, 0.25) is 0 Å². The maximum absolute atomic E-state index is 6.40. The number of nitrogens with zero attached hydrogens (tertiary/aromatic N) is 1. The minimum Gasteiger partial charge on any atom is -0.456 e. The van der Waals surface area contributed by atoms with Crippen molar-refractivity contribution < 1.29 is 4.42 Å². The first-order chi connectivity index (χ1) is 29.7. The van der Waals surface area contributed by atoms with Crippen molar-refractivity contribution in [3.05, 3.63) is 247 Å². The van der Waals surface area contributed by atoms with Crippen LogP contribution in [-0.4, -0.2) is 0 Å². The number of rotatable bonds is 7. The molecule has 1 aliphatic rings. The third-order valence-electron chi connectivity index (χ3n) is 12.4. The van der Waals surface area contributed by atoms with E-state index in [4.69, 9.17) is 4.42 Å². The Balaban J connectivity index is 0.997. The molecule has 9 aromatic carbocycles. The Hall–Kier alpha value is -7.46. The predicted octanol–water partition coefficient (Wildman–Crippen LogP) is 16.0. The van der Waals surface area contributed by atoms with Gasteiger partial charge in [-0.15, -0.1) is 11.3 Å². The zero-order valence-electron chi connectivity index (χ0n) is 32.6. The molecule has 2 aromatic heterocycles. The summed E-state index contributed by atoms with van der Waals surface area (Å²) in [6, 6.07) is 81.6. The highest BCUT2D eigenvalue weighted by atomic mass is 32.1. The molecule has 0 aliphatic heterocycles. The standard InChI is InChI=1S/C57H37NOS/c1-4-14-38(15-5-1)39-24-29-44(30-25-39)58(46-33-35-48-47-20-10-12-22-52(47)59-53(48)37-46)45-31-26-40(27-32-45)41-28-34-49-51(36-41)57(42-16-6-2-7-17-42,43-18-8-3-9-19-43)55-50-21-11-13-23-54(50)60-56(49)55/h1-37H. The second-order valence-corrected chi connectivity index (χ2v) is 16.7. The first kappa shape index (κ1) is 34.6. The molecule has 0 amide bonds. The van der Waals surface area contributed by atoms with Gasteiger partial charge in [-0.3, -0.25) is 0 Å². The Kier molecular flexibility index (Phi) is 7.97. The Morgan fingerprint density at radius 2 is 0.900 bits per heavy atom. The molecule has 60 heavy (non-hydrogen) atoms. The lowest BCUT2D eigenvalue weighted by Crippen LogP contribution is -2.28. The minimum atomic E-state index is -0.471. The molecule has 0 spiro atoms. The molecule has 0 fully saturated rings. The van der Waals surface area contributed by atoms with Crippen molar-refractivity contribution in [2.75, 3.05) is 4.90 Å². The first-order valence-corrected chi connectivity index (χ1v) is 21.3. The van der Waals surface area contributed by atoms with Crippen LogP contribution in [0.3, 0.4) is 0 Å². The van der Waals surface area contributed by atoms with Crippen LogP contribution in [0.5, 0.6) is 0 Å². The van der Waals surface area contributed by atoms with Gasteiger partial charge >= 0.3 is 0 Å². The van der Waals surface area contributed by atoms with Gasteiger partial charge in [0.15, 0.2) is 0 Å². The van der Waals surface area contributed by atoms with Crippen molar-refractivity contribution in [1.82, 2.24) is 0 Å². The number of furan rings is 1. The number of hydrogen-bond acceptors (Lipinski definition) is 3. The Morgan fingerprint density at radius 3 is 1.58 bits per heavy atom. The van der Waals surface area contributed by atoms with E-state index in [0.29, 0.717) is 0 Å². The number of para-hydroxylation sites is 1. The van der Waals surface area contributed by atoms with Gasteiger partial charge < -0.3 is 9.32 Å². The average molecular weight is 784 g/mol. The summed E-state index contributed by atoms with van der Waals surface area (Å²) in [5.74, 6) is 0. The van der Waals surface area contributed by atoms with Crippen LogP contribution in [0.15, 0.2) is 229 Å². The van der Waals surface area contributed by atoms with Crippen molar-refractivity contribution in [2.24, 2.45) is 0 Å². The van der Waals surface area contributed by atoms with Crippen LogP contribution in [0.4, 0.5) is 17.1 Å². The maximum atomic E-state index is 6.40. The van der Waals surface area contributed by atoms with Gasteiger partial charge in [0, 0.05) is 43.5 Å². The minimum absolute atomic E-state index is 0.471. The highest BCUT2D eigenvalue weighted by molar-refractivity contribution is 7.22. The molecule has 2 heterocycles. The third kappa shape index (κ3) is 5.33. The number of fused-ring (bicyclic) bond motifs is 8. The lowest BCUT2D eigenvalue weighted by molar-refractivity contribution is 0.669. The fourth-order valence-corrected chi connectivity index (χ4v) is 11.0. The molecular formula is C57H37NOS. The van der Waals surface area contributed by atoms with E-state index < -0.39 is 5.41 Å². The van der Waals surface area contributed by atoms with Crippen LogP contribution in [0.1, 0.15) is 22.3 Å². The van der Waals surface area contributed by atoms with Crippen molar-refractivity contribution in [2.45, 2.75) is 5.41 Å². The molecule has 2 nitrogen and oxygen atoms in total. The van der Waals surface area contributed by atoms with Crippen LogP contribution in [0.2, 0.25) is 0 Å². The van der Waals surface area contributed by atoms with E-state index in [1.54, 1.807) is 0 Å². The summed E-state index contributed by atoms with van der Waals surface area (Å²) in [4.78, 5) is 3.68. The van der Waals surface area contributed by atoms with Gasteiger partial charge in [-0.2, -0.15) is 0 Å². The molecular weight excluding hydrogens is 747 g/mol. The van der Waals surface area contributed by atoms with Crippen LogP contribution < -0.4 is 4.90 Å². The van der Waals surface area contributed by atoms with Crippen LogP contribution in [0, 0.1) is 0 Å². The lowest BCUT2D eigenvalue weighted by Gasteiger charge is -2.34. The van der Waals surface area contributed by atoms with E-state index in [2.05, 4.69) is 217 Å². The molecule has 0 saturated carbocycles. The lowest BCUT2D eigenvalue weighted by atomic mass is 9.67. The molecule has 11 aromatic rings.